The summed E-state index contributed by atoms with van der Waals surface area (Å²) >= 11 is 0. The molecule has 0 radical (unpaired) electrons. The summed E-state index contributed by atoms with van der Waals surface area (Å²) in [4.78, 5) is 35.9. The van der Waals surface area contributed by atoms with Crippen LogP contribution in [0.3, 0.4) is 0 Å². The Hall–Kier alpha value is -5.92. The average molecular weight is 813 g/mol. The maximum atomic E-state index is 11.4. The molecule has 14 heteroatoms. The largest absolute Gasteiger partial charge is 0.491 e. The number of aryl methyl sites for hydroxylation is 1. The Balaban J connectivity index is 1.96. The van der Waals surface area contributed by atoms with E-state index in [1.807, 2.05) is 13.0 Å². The van der Waals surface area contributed by atoms with Crippen LogP contribution in [0.1, 0.15) is 109 Å². The first kappa shape index (κ1) is 47.5. The molecular weight excluding hydrogens is 753 g/mol. The predicted molar refractivity (Wildman–Crippen MR) is 232 cm³/mol. The van der Waals surface area contributed by atoms with Gasteiger partial charge in [-0.2, -0.15) is 10.2 Å². The van der Waals surface area contributed by atoms with Crippen molar-refractivity contribution >= 4 is 46.1 Å². The van der Waals surface area contributed by atoms with Crippen molar-refractivity contribution in [3.63, 3.8) is 0 Å². The molecule has 59 heavy (non-hydrogen) atoms. The number of non-ortho nitro benzene ring substituents is 1. The fourth-order valence-corrected chi connectivity index (χ4v) is 6.05. The molecule has 0 aliphatic rings. The lowest BCUT2D eigenvalue weighted by Gasteiger charge is -2.26. The third kappa shape index (κ3) is 17.2. The number of ether oxygens (including phenoxy) is 2. The number of unbranched alkanes of at least 4 members (excludes halogenated alkanes) is 10. The molecule has 0 heterocycles. The van der Waals surface area contributed by atoms with Crippen LogP contribution in [0.5, 0.6) is 11.5 Å². The first-order valence-corrected chi connectivity index (χ1v) is 20.6. The lowest BCUT2D eigenvalue weighted by Crippen LogP contribution is -2.25. The summed E-state index contributed by atoms with van der Waals surface area (Å²) in [7, 11) is 0. The topological polar surface area (TPSA) is 189 Å². The van der Waals surface area contributed by atoms with Crippen LogP contribution in [-0.4, -0.2) is 53.4 Å². The summed E-state index contributed by atoms with van der Waals surface area (Å²) in [6.07, 6.45) is 14.8. The SMILES string of the molecule is C=C(CCOc1cc(N=Nc2ccc(N(CCCCCCCC)CCCCCCCC)cc2C)c(OCCC(=C)C(=O)O)cc1N=Nc1ccc([N+](=O)[O-])cc1)C(=O)O. The van der Waals surface area contributed by atoms with Crippen molar-refractivity contribution in [2.24, 2.45) is 20.5 Å². The summed E-state index contributed by atoms with van der Waals surface area (Å²) in [5.74, 6) is -1.92. The Morgan fingerprint density at radius 2 is 1.12 bits per heavy atom. The van der Waals surface area contributed by atoms with Gasteiger partial charge in [0, 0.05) is 67.0 Å². The van der Waals surface area contributed by atoms with E-state index >= 15 is 0 Å². The Kier molecular flexibility index (Phi) is 21.0. The molecule has 0 atom stereocenters. The van der Waals surface area contributed by atoms with Crippen molar-refractivity contribution in [2.45, 2.75) is 111 Å². The van der Waals surface area contributed by atoms with Crippen LogP contribution < -0.4 is 14.4 Å². The zero-order valence-corrected chi connectivity index (χ0v) is 34.9. The normalized spacial score (nSPS) is 11.2. The molecule has 0 unspecified atom stereocenters. The van der Waals surface area contributed by atoms with E-state index < -0.39 is 16.9 Å². The lowest BCUT2D eigenvalue weighted by atomic mass is 10.1. The number of anilines is 1. The lowest BCUT2D eigenvalue weighted by molar-refractivity contribution is -0.384. The quantitative estimate of drug-likeness (QED) is 0.0217. The van der Waals surface area contributed by atoms with Gasteiger partial charge in [0.1, 0.15) is 22.9 Å². The monoisotopic (exact) mass is 812 g/mol. The Labute approximate surface area is 347 Å². The number of carboxylic acids is 2. The molecule has 3 rings (SSSR count). The number of hydrogen-bond acceptors (Lipinski definition) is 11. The molecule has 0 spiro atoms. The maximum absolute atomic E-state index is 11.4. The molecule has 3 aromatic rings. The summed E-state index contributed by atoms with van der Waals surface area (Å²) in [5.41, 5.74) is 3.25. The fourth-order valence-electron chi connectivity index (χ4n) is 6.05. The molecule has 318 valence electrons. The van der Waals surface area contributed by atoms with Crippen molar-refractivity contribution in [3.05, 3.63) is 94.6 Å². The number of azo groups is 2. The van der Waals surface area contributed by atoms with Crippen LogP contribution >= 0.6 is 0 Å². The van der Waals surface area contributed by atoms with E-state index in [1.165, 1.54) is 101 Å². The van der Waals surface area contributed by atoms with E-state index in [4.69, 9.17) is 9.47 Å². The molecule has 0 amide bonds. The molecule has 0 fully saturated rings. The first-order chi connectivity index (χ1) is 28.4. The number of rotatable bonds is 30. The zero-order valence-electron chi connectivity index (χ0n) is 34.9. The highest BCUT2D eigenvalue weighted by molar-refractivity contribution is 5.86. The van der Waals surface area contributed by atoms with Crippen LogP contribution in [0, 0.1) is 17.0 Å². The van der Waals surface area contributed by atoms with Gasteiger partial charge >= 0.3 is 11.9 Å². The van der Waals surface area contributed by atoms with E-state index in [-0.39, 0.29) is 65.8 Å². The van der Waals surface area contributed by atoms with Crippen LogP contribution in [-0.2, 0) is 9.59 Å². The van der Waals surface area contributed by atoms with Gasteiger partial charge in [-0.25, -0.2) is 9.59 Å². The van der Waals surface area contributed by atoms with Crippen molar-refractivity contribution in [1.82, 2.24) is 0 Å². The first-order valence-electron chi connectivity index (χ1n) is 20.6. The van der Waals surface area contributed by atoms with E-state index in [0.717, 1.165) is 37.2 Å². The van der Waals surface area contributed by atoms with Gasteiger partial charge in [0.25, 0.3) is 5.69 Å². The van der Waals surface area contributed by atoms with Crippen molar-refractivity contribution in [1.29, 1.82) is 0 Å². The van der Waals surface area contributed by atoms with Gasteiger partial charge in [-0.1, -0.05) is 91.2 Å². The molecule has 0 aliphatic carbocycles. The smallest absolute Gasteiger partial charge is 0.331 e. The van der Waals surface area contributed by atoms with Gasteiger partial charge in [0.15, 0.2) is 0 Å². The van der Waals surface area contributed by atoms with Gasteiger partial charge in [-0.3, -0.25) is 10.1 Å². The van der Waals surface area contributed by atoms with Crippen LogP contribution in [0.15, 0.2) is 99.4 Å². The number of nitro benzene ring substituents is 1. The molecule has 14 nitrogen and oxygen atoms in total. The molecule has 0 saturated carbocycles. The van der Waals surface area contributed by atoms with Gasteiger partial charge in [0.05, 0.1) is 29.5 Å². The minimum absolute atomic E-state index is 0.0148. The molecule has 0 aromatic heterocycles. The highest BCUT2D eigenvalue weighted by Gasteiger charge is 2.16. The summed E-state index contributed by atoms with van der Waals surface area (Å²) < 4.78 is 12.0. The van der Waals surface area contributed by atoms with Crippen LogP contribution in [0.25, 0.3) is 0 Å². The molecule has 0 saturated heterocycles. The predicted octanol–water partition coefficient (Wildman–Crippen LogP) is 13.1. The second kappa shape index (κ2) is 26.2. The Morgan fingerprint density at radius 1 is 0.661 bits per heavy atom. The molecule has 3 aromatic carbocycles. The number of carboxylic acid groups (broad SMARTS) is 2. The molecule has 2 N–H and O–H groups in total. The number of nitrogens with zero attached hydrogens (tertiary/aromatic N) is 6. The standard InChI is InChI=1S/C45H60N6O8/c1-6-8-10-12-14-16-26-50(27-17-15-13-11-9-7-2)38-22-23-39(35(5)30-38)47-49-41-32-42(58-28-24-33(3)44(52)53)40(31-43(41)59-29-25-34(4)45(54)55)48-46-36-18-20-37(21-19-36)51(56)57/h18-23,30-32H,3-4,6-17,24-29H2,1-2,5H3,(H,52,53)(H,54,55). The highest BCUT2D eigenvalue weighted by atomic mass is 16.6. The van der Waals surface area contributed by atoms with E-state index in [0.29, 0.717) is 11.4 Å². The second-order valence-corrected chi connectivity index (χ2v) is 14.5. The van der Waals surface area contributed by atoms with Gasteiger partial charge < -0.3 is 24.6 Å². The van der Waals surface area contributed by atoms with Gasteiger partial charge in [0.2, 0.25) is 0 Å². The third-order valence-electron chi connectivity index (χ3n) is 9.68. The minimum Gasteiger partial charge on any atom is -0.491 e. The zero-order chi connectivity index (χ0) is 43.0. The van der Waals surface area contributed by atoms with Crippen molar-refractivity contribution in [3.8, 4) is 11.5 Å². The number of aliphatic carboxylic acids is 2. The van der Waals surface area contributed by atoms with Crippen LogP contribution in [0.2, 0.25) is 0 Å². The van der Waals surface area contributed by atoms with Crippen molar-refractivity contribution in [2.75, 3.05) is 31.2 Å². The molecule has 0 bridgehead atoms. The van der Waals surface area contributed by atoms with E-state index in [1.54, 1.807) is 0 Å². The van der Waals surface area contributed by atoms with Gasteiger partial charge in [-0.05, 0) is 55.7 Å². The van der Waals surface area contributed by atoms with Crippen molar-refractivity contribution < 1.29 is 34.2 Å². The van der Waals surface area contributed by atoms with E-state index in [9.17, 15) is 29.9 Å². The van der Waals surface area contributed by atoms with Gasteiger partial charge in [-0.15, -0.1) is 10.2 Å². The number of benzene rings is 3. The third-order valence-corrected chi connectivity index (χ3v) is 9.68. The maximum Gasteiger partial charge on any atom is 0.331 e. The minimum atomic E-state index is -1.15. The summed E-state index contributed by atoms with van der Waals surface area (Å²) in [6, 6.07) is 14.7. The number of nitro groups is 1. The number of carbonyl (C=O) groups is 2. The summed E-state index contributed by atoms with van der Waals surface area (Å²) in [6.45, 7) is 15.5. The fraction of sp³-hybridized carbons (Fsp3) is 0.467. The Bertz CT molecular complexity index is 1890. The second-order valence-electron chi connectivity index (χ2n) is 14.5. The number of hydrogen-bond donors (Lipinski definition) is 2. The molecule has 0 aliphatic heterocycles. The van der Waals surface area contributed by atoms with E-state index in [2.05, 4.69) is 64.5 Å². The summed E-state index contributed by atoms with van der Waals surface area (Å²) in [5, 5.41) is 47.4. The molecular formula is C45H60N6O8. The Morgan fingerprint density at radius 3 is 1.58 bits per heavy atom. The highest BCUT2D eigenvalue weighted by Crippen LogP contribution is 2.42. The van der Waals surface area contributed by atoms with Crippen LogP contribution in [0.4, 0.5) is 34.1 Å². The average Bonchev–Trinajstić information content (AvgIpc) is 3.21.